The fourth-order valence-corrected chi connectivity index (χ4v) is 2.03. The molecule has 17 heavy (non-hydrogen) atoms. The van der Waals surface area contributed by atoms with Gasteiger partial charge in [-0.05, 0) is 25.3 Å². The molecule has 2 atom stereocenters. The molecule has 2 rings (SSSR count). The molecule has 0 bridgehead atoms. The molecule has 0 spiro atoms. The molecule has 1 aliphatic rings. The number of aliphatic carboxylic acids is 1. The van der Waals surface area contributed by atoms with Gasteiger partial charge >= 0.3 is 5.97 Å². The minimum absolute atomic E-state index is 0.0586. The fourth-order valence-electron chi connectivity index (χ4n) is 2.03. The van der Waals surface area contributed by atoms with Crippen molar-refractivity contribution in [1.82, 2.24) is 15.5 Å². The summed E-state index contributed by atoms with van der Waals surface area (Å²) in [6.45, 7) is 0. The number of nitrogens with zero attached hydrogens (tertiary/aromatic N) is 2. The lowest BCUT2D eigenvalue weighted by Gasteiger charge is -2.11. The number of rotatable bonds is 3. The van der Waals surface area contributed by atoms with E-state index in [4.69, 9.17) is 5.11 Å². The zero-order valence-corrected chi connectivity index (χ0v) is 9.17. The molecule has 1 aliphatic carbocycles. The summed E-state index contributed by atoms with van der Waals surface area (Å²) < 4.78 is 0. The first-order valence-corrected chi connectivity index (χ1v) is 5.47. The summed E-state index contributed by atoms with van der Waals surface area (Å²) in [5, 5.41) is 18.9. The molecule has 1 fully saturated rings. The Morgan fingerprint density at radius 2 is 2.18 bits per heavy atom. The van der Waals surface area contributed by atoms with Crippen LogP contribution in [0.3, 0.4) is 0 Å². The van der Waals surface area contributed by atoms with Crippen LogP contribution in [0.25, 0.3) is 0 Å². The third-order valence-corrected chi connectivity index (χ3v) is 2.96. The van der Waals surface area contributed by atoms with Gasteiger partial charge in [-0.25, -0.2) is 0 Å². The van der Waals surface area contributed by atoms with Gasteiger partial charge in [0.2, 0.25) is 0 Å². The van der Waals surface area contributed by atoms with Crippen molar-refractivity contribution in [3.63, 3.8) is 0 Å². The maximum absolute atomic E-state index is 11.8. The topological polar surface area (TPSA) is 92.2 Å². The molecule has 1 saturated carbocycles. The Morgan fingerprint density at radius 3 is 2.76 bits per heavy atom. The van der Waals surface area contributed by atoms with E-state index in [1.54, 1.807) is 6.07 Å². The number of hydrogen-bond donors (Lipinski definition) is 2. The van der Waals surface area contributed by atoms with Gasteiger partial charge in [0, 0.05) is 6.04 Å². The second-order valence-corrected chi connectivity index (χ2v) is 4.15. The van der Waals surface area contributed by atoms with Gasteiger partial charge in [0.25, 0.3) is 5.91 Å². The molecule has 0 saturated heterocycles. The number of hydrogen-bond acceptors (Lipinski definition) is 4. The highest BCUT2D eigenvalue weighted by atomic mass is 16.4. The molecule has 0 aromatic carbocycles. The van der Waals surface area contributed by atoms with E-state index in [1.807, 2.05) is 0 Å². The molecule has 1 aromatic rings. The largest absolute Gasteiger partial charge is 0.481 e. The lowest BCUT2D eigenvalue weighted by Crippen LogP contribution is -2.33. The third-order valence-electron chi connectivity index (χ3n) is 2.96. The highest BCUT2D eigenvalue weighted by molar-refractivity contribution is 5.94. The maximum atomic E-state index is 11.8. The molecule has 6 nitrogen and oxygen atoms in total. The highest BCUT2D eigenvalue weighted by Gasteiger charge is 2.30. The first kappa shape index (κ1) is 11.5. The van der Waals surface area contributed by atoms with Gasteiger partial charge < -0.3 is 10.4 Å². The van der Waals surface area contributed by atoms with Crippen LogP contribution < -0.4 is 5.32 Å². The Morgan fingerprint density at radius 1 is 1.35 bits per heavy atom. The summed E-state index contributed by atoms with van der Waals surface area (Å²) >= 11 is 0. The van der Waals surface area contributed by atoms with Gasteiger partial charge in [0.1, 0.15) is 0 Å². The predicted octanol–water partition coefficient (Wildman–Crippen LogP) is 0.460. The van der Waals surface area contributed by atoms with Crippen LogP contribution >= 0.6 is 0 Å². The van der Waals surface area contributed by atoms with Crippen LogP contribution in [0.1, 0.15) is 29.6 Å². The average Bonchev–Trinajstić information content (AvgIpc) is 2.79. The number of aromatic nitrogens is 2. The standard InChI is InChI=1S/C11H13N3O3/c15-10(8-3-4-12-13-6-8)14-9-2-1-7(5-9)11(16)17/h3-4,6-7,9H,1-2,5H2,(H,14,15)(H,16,17). The second kappa shape index (κ2) is 4.90. The first-order valence-electron chi connectivity index (χ1n) is 5.47. The Bertz CT molecular complexity index is 421. The van der Waals surface area contributed by atoms with Gasteiger partial charge in [0.05, 0.1) is 23.9 Å². The monoisotopic (exact) mass is 235 g/mol. The highest BCUT2D eigenvalue weighted by Crippen LogP contribution is 2.25. The van der Waals surface area contributed by atoms with E-state index in [1.165, 1.54) is 12.4 Å². The van der Waals surface area contributed by atoms with Gasteiger partial charge in [-0.1, -0.05) is 0 Å². The quantitative estimate of drug-likeness (QED) is 0.794. The SMILES string of the molecule is O=C(NC1CCC(C(=O)O)C1)c1ccnnc1. The summed E-state index contributed by atoms with van der Waals surface area (Å²) in [5.41, 5.74) is 0.443. The molecule has 6 heteroatoms. The van der Waals surface area contributed by atoms with E-state index in [0.717, 1.165) is 0 Å². The lowest BCUT2D eigenvalue weighted by atomic mass is 10.1. The van der Waals surface area contributed by atoms with Crippen LogP contribution in [0.2, 0.25) is 0 Å². The zero-order valence-electron chi connectivity index (χ0n) is 9.17. The van der Waals surface area contributed by atoms with Gasteiger partial charge in [-0.2, -0.15) is 10.2 Å². The van der Waals surface area contributed by atoms with E-state index in [0.29, 0.717) is 24.8 Å². The molecule has 1 heterocycles. The van der Waals surface area contributed by atoms with Crippen molar-refractivity contribution >= 4 is 11.9 Å². The molecule has 90 valence electrons. The number of nitrogens with one attached hydrogen (secondary N) is 1. The molecule has 0 aliphatic heterocycles. The van der Waals surface area contributed by atoms with Crippen LogP contribution in [0.5, 0.6) is 0 Å². The van der Waals surface area contributed by atoms with E-state index < -0.39 is 5.97 Å². The van der Waals surface area contributed by atoms with Crippen LogP contribution in [-0.2, 0) is 4.79 Å². The Labute approximate surface area is 98.1 Å². The van der Waals surface area contributed by atoms with Crippen LogP contribution in [-0.4, -0.2) is 33.2 Å². The van der Waals surface area contributed by atoms with Crippen molar-refractivity contribution in [2.75, 3.05) is 0 Å². The number of carbonyl (C=O) groups is 2. The molecule has 2 N–H and O–H groups in total. The molecule has 0 radical (unpaired) electrons. The number of carboxylic acid groups (broad SMARTS) is 1. The average molecular weight is 235 g/mol. The summed E-state index contributed by atoms with van der Waals surface area (Å²) in [5.74, 6) is -1.35. The zero-order chi connectivity index (χ0) is 12.3. The summed E-state index contributed by atoms with van der Waals surface area (Å²) in [6, 6.07) is 1.52. The van der Waals surface area contributed by atoms with E-state index >= 15 is 0 Å². The molecule has 2 unspecified atom stereocenters. The number of carbonyl (C=O) groups excluding carboxylic acids is 1. The van der Waals surface area contributed by atoms with Crippen molar-refractivity contribution in [3.05, 3.63) is 24.0 Å². The normalized spacial score (nSPS) is 23.3. The Balaban J connectivity index is 1.91. The summed E-state index contributed by atoms with van der Waals surface area (Å²) in [6.07, 6.45) is 4.66. The Kier molecular flexibility index (Phi) is 3.32. The fraction of sp³-hybridized carbons (Fsp3) is 0.455. The summed E-state index contributed by atoms with van der Waals surface area (Å²) in [4.78, 5) is 22.5. The van der Waals surface area contributed by atoms with Gasteiger partial charge in [0.15, 0.2) is 0 Å². The minimum atomic E-state index is -0.785. The van der Waals surface area contributed by atoms with Crippen LogP contribution in [0.15, 0.2) is 18.5 Å². The molecular weight excluding hydrogens is 222 g/mol. The van der Waals surface area contributed by atoms with Crippen molar-refractivity contribution in [1.29, 1.82) is 0 Å². The van der Waals surface area contributed by atoms with E-state index in [2.05, 4.69) is 15.5 Å². The van der Waals surface area contributed by atoms with Crippen molar-refractivity contribution in [2.45, 2.75) is 25.3 Å². The first-order chi connectivity index (χ1) is 8.16. The van der Waals surface area contributed by atoms with E-state index in [-0.39, 0.29) is 17.9 Å². The van der Waals surface area contributed by atoms with Crippen LogP contribution in [0.4, 0.5) is 0 Å². The summed E-state index contributed by atoms with van der Waals surface area (Å²) in [7, 11) is 0. The Hall–Kier alpha value is -1.98. The maximum Gasteiger partial charge on any atom is 0.306 e. The van der Waals surface area contributed by atoms with Gasteiger partial charge in [-0.15, -0.1) is 0 Å². The molecule has 1 aromatic heterocycles. The smallest absolute Gasteiger partial charge is 0.306 e. The number of amides is 1. The predicted molar refractivity (Wildman–Crippen MR) is 58.3 cm³/mol. The van der Waals surface area contributed by atoms with Crippen molar-refractivity contribution in [2.24, 2.45) is 5.92 Å². The van der Waals surface area contributed by atoms with Gasteiger partial charge in [-0.3, -0.25) is 9.59 Å². The third kappa shape index (κ3) is 2.77. The second-order valence-electron chi connectivity index (χ2n) is 4.15. The molecule has 1 amide bonds. The molecular formula is C11H13N3O3. The van der Waals surface area contributed by atoms with E-state index in [9.17, 15) is 9.59 Å². The minimum Gasteiger partial charge on any atom is -0.481 e. The lowest BCUT2D eigenvalue weighted by molar-refractivity contribution is -0.141. The van der Waals surface area contributed by atoms with Crippen molar-refractivity contribution in [3.8, 4) is 0 Å². The van der Waals surface area contributed by atoms with Crippen molar-refractivity contribution < 1.29 is 14.7 Å². The van der Waals surface area contributed by atoms with Crippen LogP contribution in [0, 0.1) is 5.92 Å². The number of carboxylic acids is 1.